The van der Waals surface area contributed by atoms with Gasteiger partial charge in [0.25, 0.3) is 0 Å². The summed E-state index contributed by atoms with van der Waals surface area (Å²) in [5.74, 6) is 2.75. The molecule has 0 aromatic carbocycles. The van der Waals surface area contributed by atoms with Gasteiger partial charge >= 0.3 is 0 Å². The second-order valence-corrected chi connectivity index (χ2v) is 5.51. The Hall–Kier alpha value is 0. The third-order valence-corrected chi connectivity index (χ3v) is 4.32. The van der Waals surface area contributed by atoms with Crippen LogP contribution >= 0.6 is 0 Å². The van der Waals surface area contributed by atoms with Gasteiger partial charge in [-0.25, -0.2) is 0 Å². The molecule has 0 radical (unpaired) electrons. The quantitative estimate of drug-likeness (QED) is 0.553. The molecule has 0 heterocycles. The largest absolute Gasteiger partial charge is 0.0623 e. The Bertz CT molecular complexity index is 148. The summed E-state index contributed by atoms with van der Waals surface area (Å²) in [4.78, 5) is 0. The van der Waals surface area contributed by atoms with Crippen LogP contribution in [0.1, 0.15) is 53.9 Å². The van der Waals surface area contributed by atoms with Gasteiger partial charge in [0.15, 0.2) is 0 Å². The van der Waals surface area contributed by atoms with Crippen molar-refractivity contribution in [2.75, 3.05) is 0 Å². The topological polar surface area (TPSA) is 0 Å². The summed E-state index contributed by atoms with van der Waals surface area (Å²) in [5.41, 5.74) is 0.631. The lowest BCUT2D eigenvalue weighted by Gasteiger charge is -2.43. The Morgan fingerprint density at radius 2 is 1.75 bits per heavy atom. The highest BCUT2D eigenvalue weighted by atomic mass is 14.4. The van der Waals surface area contributed by atoms with E-state index < -0.39 is 0 Å². The minimum atomic E-state index is 0.631. The van der Waals surface area contributed by atoms with Gasteiger partial charge in [-0.2, -0.15) is 0 Å². The fourth-order valence-corrected chi connectivity index (χ4v) is 2.41. The predicted octanol–water partition coefficient (Wildman–Crippen LogP) is 4.10. The molecule has 0 saturated heterocycles. The SMILES string of the molecule is CC(C)[C@]1(C)CC[C@@H](C)[C@@H](C)C1. The van der Waals surface area contributed by atoms with E-state index in [-0.39, 0.29) is 0 Å². The van der Waals surface area contributed by atoms with Crippen LogP contribution in [0.4, 0.5) is 0 Å². The second kappa shape index (κ2) is 3.40. The van der Waals surface area contributed by atoms with Gasteiger partial charge in [-0.1, -0.05) is 34.6 Å². The molecule has 1 aliphatic rings. The van der Waals surface area contributed by atoms with Gasteiger partial charge in [-0.3, -0.25) is 0 Å². The van der Waals surface area contributed by atoms with Crippen molar-refractivity contribution in [1.29, 1.82) is 0 Å². The first-order valence-electron chi connectivity index (χ1n) is 5.46. The van der Waals surface area contributed by atoms with Crippen molar-refractivity contribution in [3.05, 3.63) is 0 Å². The van der Waals surface area contributed by atoms with Crippen molar-refractivity contribution < 1.29 is 0 Å². The second-order valence-electron chi connectivity index (χ2n) is 5.51. The van der Waals surface area contributed by atoms with Gasteiger partial charge in [-0.15, -0.1) is 0 Å². The maximum Gasteiger partial charge on any atom is -0.0300 e. The lowest BCUT2D eigenvalue weighted by atomic mass is 9.62. The molecule has 0 N–H and O–H groups in total. The summed E-state index contributed by atoms with van der Waals surface area (Å²) in [7, 11) is 0. The molecular weight excluding hydrogens is 144 g/mol. The maximum absolute atomic E-state index is 2.47. The van der Waals surface area contributed by atoms with E-state index in [1.165, 1.54) is 19.3 Å². The van der Waals surface area contributed by atoms with Crippen molar-refractivity contribution in [3.8, 4) is 0 Å². The fourth-order valence-electron chi connectivity index (χ4n) is 2.41. The minimum absolute atomic E-state index is 0.631. The molecule has 0 amide bonds. The van der Waals surface area contributed by atoms with Crippen molar-refractivity contribution in [2.24, 2.45) is 23.2 Å². The van der Waals surface area contributed by atoms with Gasteiger partial charge in [-0.05, 0) is 42.4 Å². The molecule has 0 bridgehead atoms. The zero-order valence-corrected chi connectivity index (χ0v) is 9.35. The molecule has 1 rings (SSSR count). The lowest BCUT2D eigenvalue weighted by molar-refractivity contribution is 0.0754. The predicted molar refractivity (Wildman–Crippen MR) is 55.1 cm³/mol. The fraction of sp³-hybridized carbons (Fsp3) is 1.00. The summed E-state index contributed by atoms with van der Waals surface area (Å²) in [5, 5.41) is 0. The van der Waals surface area contributed by atoms with Crippen molar-refractivity contribution >= 4 is 0 Å². The molecule has 0 nitrogen and oxygen atoms in total. The van der Waals surface area contributed by atoms with E-state index in [0.717, 1.165) is 17.8 Å². The van der Waals surface area contributed by atoms with Crippen molar-refractivity contribution in [1.82, 2.24) is 0 Å². The molecule has 0 unspecified atom stereocenters. The molecule has 1 saturated carbocycles. The van der Waals surface area contributed by atoms with Crippen LogP contribution in [-0.2, 0) is 0 Å². The molecule has 72 valence electrons. The minimum Gasteiger partial charge on any atom is -0.0623 e. The third-order valence-electron chi connectivity index (χ3n) is 4.32. The Morgan fingerprint density at radius 3 is 2.17 bits per heavy atom. The molecule has 3 atom stereocenters. The van der Waals surface area contributed by atoms with Gasteiger partial charge in [0, 0.05) is 0 Å². The van der Waals surface area contributed by atoms with Crippen LogP contribution in [-0.4, -0.2) is 0 Å². The van der Waals surface area contributed by atoms with Crippen LogP contribution in [0.2, 0.25) is 0 Å². The first-order valence-corrected chi connectivity index (χ1v) is 5.46. The van der Waals surface area contributed by atoms with Gasteiger partial charge < -0.3 is 0 Å². The summed E-state index contributed by atoms with van der Waals surface area (Å²) < 4.78 is 0. The summed E-state index contributed by atoms with van der Waals surface area (Å²) in [6.07, 6.45) is 4.32. The molecule has 1 fully saturated rings. The van der Waals surface area contributed by atoms with Crippen LogP contribution in [0.3, 0.4) is 0 Å². The van der Waals surface area contributed by atoms with Crippen LogP contribution in [0.5, 0.6) is 0 Å². The molecule has 0 spiro atoms. The Kier molecular flexibility index (Phi) is 2.85. The van der Waals surface area contributed by atoms with Gasteiger partial charge in [0.2, 0.25) is 0 Å². The smallest absolute Gasteiger partial charge is 0.0300 e. The molecule has 0 heteroatoms. The van der Waals surface area contributed by atoms with E-state index >= 15 is 0 Å². The Morgan fingerprint density at radius 1 is 1.17 bits per heavy atom. The highest BCUT2D eigenvalue weighted by Gasteiger charge is 2.35. The molecule has 0 aromatic rings. The zero-order valence-electron chi connectivity index (χ0n) is 9.35. The van der Waals surface area contributed by atoms with Gasteiger partial charge in [0.1, 0.15) is 0 Å². The summed E-state index contributed by atoms with van der Waals surface area (Å²) in [6.45, 7) is 12.1. The van der Waals surface area contributed by atoms with Gasteiger partial charge in [0.05, 0.1) is 0 Å². The highest BCUT2D eigenvalue weighted by molar-refractivity contribution is 4.86. The maximum atomic E-state index is 2.47. The lowest BCUT2D eigenvalue weighted by Crippen LogP contribution is -2.33. The number of hydrogen-bond donors (Lipinski definition) is 0. The van der Waals surface area contributed by atoms with Crippen molar-refractivity contribution in [3.63, 3.8) is 0 Å². The average molecular weight is 168 g/mol. The number of rotatable bonds is 1. The normalized spacial score (nSPS) is 43.5. The monoisotopic (exact) mass is 168 g/mol. The van der Waals surface area contributed by atoms with Crippen molar-refractivity contribution in [2.45, 2.75) is 53.9 Å². The summed E-state index contributed by atoms with van der Waals surface area (Å²) in [6, 6.07) is 0. The standard InChI is InChI=1S/C12H24/c1-9(2)12(5)7-6-10(3)11(4)8-12/h9-11H,6-8H2,1-5H3/t10-,11+,12-/m1/s1. The Balaban J connectivity index is 2.60. The first-order chi connectivity index (χ1) is 5.46. The van der Waals surface area contributed by atoms with Crippen LogP contribution in [0, 0.1) is 23.2 Å². The molecule has 1 aliphatic carbocycles. The first kappa shape index (κ1) is 10.1. The van der Waals surface area contributed by atoms with E-state index in [1.807, 2.05) is 0 Å². The van der Waals surface area contributed by atoms with Crippen LogP contribution in [0.25, 0.3) is 0 Å². The van der Waals surface area contributed by atoms with E-state index in [1.54, 1.807) is 0 Å². The van der Waals surface area contributed by atoms with Crippen LogP contribution in [0.15, 0.2) is 0 Å². The van der Waals surface area contributed by atoms with E-state index in [9.17, 15) is 0 Å². The average Bonchev–Trinajstić information content (AvgIpc) is 1.97. The zero-order chi connectivity index (χ0) is 9.35. The van der Waals surface area contributed by atoms with E-state index in [0.29, 0.717) is 5.41 Å². The van der Waals surface area contributed by atoms with E-state index in [4.69, 9.17) is 0 Å². The van der Waals surface area contributed by atoms with E-state index in [2.05, 4.69) is 34.6 Å². The van der Waals surface area contributed by atoms with Crippen LogP contribution < -0.4 is 0 Å². The Labute approximate surface area is 77.7 Å². The molecule has 12 heavy (non-hydrogen) atoms. The summed E-state index contributed by atoms with van der Waals surface area (Å²) >= 11 is 0. The molecule has 0 aliphatic heterocycles. The molecular formula is C12H24. The molecule has 0 aromatic heterocycles. The number of hydrogen-bond acceptors (Lipinski definition) is 0. The third kappa shape index (κ3) is 1.84. The highest BCUT2D eigenvalue weighted by Crippen LogP contribution is 2.46.